The van der Waals surface area contributed by atoms with Crippen LogP contribution >= 0.6 is 15.9 Å². The Bertz CT molecular complexity index is 393. The summed E-state index contributed by atoms with van der Waals surface area (Å²) in [4.78, 5) is 0. The topological polar surface area (TPSA) is 21.3 Å². The second-order valence-corrected chi connectivity index (χ2v) is 6.42. The Morgan fingerprint density at radius 1 is 1.39 bits per heavy atom. The van der Waals surface area contributed by atoms with Gasteiger partial charge < -0.3 is 10.1 Å². The normalized spacial score (nSPS) is 11.9. The van der Waals surface area contributed by atoms with E-state index in [-0.39, 0.29) is 11.2 Å². The van der Waals surface area contributed by atoms with E-state index in [0.29, 0.717) is 22.9 Å². The molecule has 0 spiro atoms. The maximum atomic E-state index is 12.9. The summed E-state index contributed by atoms with van der Waals surface area (Å²) < 4.78 is 19.3. The summed E-state index contributed by atoms with van der Waals surface area (Å²) in [6.07, 6.45) is 0. The van der Waals surface area contributed by atoms with E-state index >= 15 is 0 Å². The first-order valence-electron chi connectivity index (χ1n) is 6.11. The second kappa shape index (κ2) is 6.53. The van der Waals surface area contributed by atoms with Crippen molar-refractivity contribution in [3.8, 4) is 5.75 Å². The van der Waals surface area contributed by atoms with E-state index in [2.05, 4.69) is 48.9 Å². The first-order valence-corrected chi connectivity index (χ1v) is 6.91. The minimum absolute atomic E-state index is 0.0259. The van der Waals surface area contributed by atoms with Crippen molar-refractivity contribution in [3.63, 3.8) is 0 Å². The molecule has 0 atom stereocenters. The average Bonchev–Trinajstić information content (AvgIpc) is 2.25. The Kier molecular flexibility index (Phi) is 5.60. The van der Waals surface area contributed by atoms with Gasteiger partial charge in [0, 0.05) is 18.0 Å². The van der Waals surface area contributed by atoms with E-state index in [1.807, 2.05) is 0 Å². The highest BCUT2D eigenvalue weighted by Crippen LogP contribution is 2.27. The van der Waals surface area contributed by atoms with Crippen LogP contribution < -0.4 is 10.1 Å². The lowest BCUT2D eigenvalue weighted by molar-refractivity contribution is 0.172. The molecule has 0 aliphatic carbocycles. The maximum Gasteiger partial charge on any atom is 0.133 e. The molecule has 2 nitrogen and oxygen atoms in total. The zero-order chi connectivity index (χ0) is 13.8. The molecule has 0 unspecified atom stereocenters. The molecule has 0 aliphatic heterocycles. The first kappa shape index (κ1) is 15.4. The number of halogens is 2. The van der Waals surface area contributed by atoms with Gasteiger partial charge in [-0.1, -0.05) is 27.7 Å². The summed E-state index contributed by atoms with van der Waals surface area (Å²) in [5, 5.41) is 3.39. The fourth-order valence-electron chi connectivity index (χ4n) is 1.40. The molecule has 1 N–H and O–H groups in total. The quantitative estimate of drug-likeness (QED) is 0.856. The molecule has 0 amide bonds. The molecule has 0 aliphatic rings. The van der Waals surface area contributed by atoms with Gasteiger partial charge in [-0.2, -0.15) is 0 Å². The van der Waals surface area contributed by atoms with Crippen LogP contribution in [-0.2, 0) is 0 Å². The molecule has 0 heterocycles. The zero-order valence-corrected chi connectivity index (χ0v) is 13.0. The molecule has 4 heteroatoms. The molecule has 1 aromatic rings. The lowest BCUT2D eigenvalue weighted by Gasteiger charge is -2.26. The van der Waals surface area contributed by atoms with Gasteiger partial charge in [0.2, 0.25) is 0 Å². The summed E-state index contributed by atoms with van der Waals surface area (Å²) in [6, 6.07) is 4.92. The van der Waals surface area contributed by atoms with Crippen molar-refractivity contribution in [1.82, 2.24) is 5.32 Å². The first-order chi connectivity index (χ1) is 8.30. The largest absolute Gasteiger partial charge is 0.492 e. The summed E-state index contributed by atoms with van der Waals surface area (Å²) in [7, 11) is 0. The average molecular weight is 318 g/mol. The van der Waals surface area contributed by atoms with Crippen LogP contribution in [0.2, 0.25) is 0 Å². The summed E-state index contributed by atoms with van der Waals surface area (Å²) in [6.45, 7) is 9.97. The molecule has 102 valence electrons. The van der Waals surface area contributed by atoms with Crippen molar-refractivity contribution in [2.45, 2.75) is 33.7 Å². The van der Waals surface area contributed by atoms with Crippen molar-refractivity contribution in [2.24, 2.45) is 5.41 Å². The minimum Gasteiger partial charge on any atom is -0.492 e. The number of hydrogen-bond acceptors (Lipinski definition) is 2. The van der Waals surface area contributed by atoms with E-state index in [0.717, 1.165) is 6.54 Å². The van der Waals surface area contributed by atoms with Gasteiger partial charge in [-0.3, -0.25) is 0 Å². The van der Waals surface area contributed by atoms with Gasteiger partial charge in [0.15, 0.2) is 0 Å². The highest BCUT2D eigenvalue weighted by atomic mass is 79.9. The van der Waals surface area contributed by atoms with Crippen molar-refractivity contribution in [3.05, 3.63) is 28.5 Å². The lowest BCUT2D eigenvalue weighted by Crippen LogP contribution is -2.37. The molecule has 18 heavy (non-hydrogen) atoms. The minimum atomic E-state index is -0.269. The van der Waals surface area contributed by atoms with Crippen molar-refractivity contribution < 1.29 is 9.13 Å². The Balaban J connectivity index is 2.53. The van der Waals surface area contributed by atoms with Crippen molar-refractivity contribution in [1.29, 1.82) is 0 Å². The summed E-state index contributed by atoms with van der Waals surface area (Å²) >= 11 is 3.30. The van der Waals surface area contributed by atoms with Gasteiger partial charge in [0.25, 0.3) is 0 Å². The van der Waals surface area contributed by atoms with Gasteiger partial charge in [-0.25, -0.2) is 4.39 Å². The number of nitrogens with one attached hydrogen (secondary N) is 1. The number of ether oxygens (including phenoxy) is 1. The van der Waals surface area contributed by atoms with E-state index in [1.54, 1.807) is 6.07 Å². The van der Waals surface area contributed by atoms with Crippen molar-refractivity contribution in [2.75, 3.05) is 13.2 Å². The van der Waals surface area contributed by atoms with Crippen molar-refractivity contribution >= 4 is 15.9 Å². The number of benzene rings is 1. The molecule has 0 aromatic heterocycles. The second-order valence-electron chi connectivity index (χ2n) is 5.56. The standard InChI is InChI=1S/C14H21BrFNO/c1-10(2)17-8-14(3,4)9-18-13-6-5-11(16)7-12(13)15/h5-7,10,17H,8-9H2,1-4H3. The predicted molar refractivity (Wildman–Crippen MR) is 76.5 cm³/mol. The Labute approximate surface area is 117 Å². The Morgan fingerprint density at radius 3 is 2.61 bits per heavy atom. The van der Waals surface area contributed by atoms with Crippen LogP contribution in [0.3, 0.4) is 0 Å². The fourth-order valence-corrected chi connectivity index (χ4v) is 1.86. The highest BCUT2D eigenvalue weighted by molar-refractivity contribution is 9.10. The smallest absolute Gasteiger partial charge is 0.133 e. The molecule has 0 bridgehead atoms. The zero-order valence-electron chi connectivity index (χ0n) is 11.4. The van der Waals surface area contributed by atoms with Crippen LogP contribution in [0.25, 0.3) is 0 Å². The van der Waals surface area contributed by atoms with E-state index in [4.69, 9.17) is 4.74 Å². The van der Waals surface area contributed by atoms with E-state index in [9.17, 15) is 4.39 Å². The van der Waals surface area contributed by atoms with Gasteiger partial charge >= 0.3 is 0 Å². The highest BCUT2D eigenvalue weighted by Gasteiger charge is 2.19. The van der Waals surface area contributed by atoms with Gasteiger partial charge in [0.1, 0.15) is 11.6 Å². The molecule has 1 rings (SSSR count). The van der Waals surface area contributed by atoms with Crippen LogP contribution in [0.4, 0.5) is 4.39 Å². The Hall–Kier alpha value is -0.610. The van der Waals surface area contributed by atoms with E-state index < -0.39 is 0 Å². The molecular formula is C14H21BrFNO. The number of hydrogen-bond donors (Lipinski definition) is 1. The third kappa shape index (κ3) is 5.36. The summed E-state index contributed by atoms with van der Waals surface area (Å²) in [5.74, 6) is 0.406. The number of rotatable bonds is 6. The third-order valence-corrected chi connectivity index (χ3v) is 3.12. The van der Waals surface area contributed by atoms with Gasteiger partial charge in [0.05, 0.1) is 11.1 Å². The molecule has 0 saturated heterocycles. The fraction of sp³-hybridized carbons (Fsp3) is 0.571. The van der Waals surface area contributed by atoms with Crippen LogP contribution in [0.5, 0.6) is 5.75 Å². The van der Waals surface area contributed by atoms with Gasteiger partial charge in [-0.05, 0) is 34.1 Å². The summed E-state index contributed by atoms with van der Waals surface area (Å²) in [5.41, 5.74) is 0.0259. The predicted octanol–water partition coefficient (Wildman–Crippen LogP) is 3.99. The van der Waals surface area contributed by atoms with Crippen LogP contribution in [-0.4, -0.2) is 19.2 Å². The van der Waals surface area contributed by atoms with E-state index in [1.165, 1.54) is 12.1 Å². The lowest BCUT2D eigenvalue weighted by atomic mass is 9.94. The molecular weight excluding hydrogens is 297 g/mol. The molecule has 1 aromatic carbocycles. The van der Waals surface area contributed by atoms with Crippen LogP contribution in [0.1, 0.15) is 27.7 Å². The van der Waals surface area contributed by atoms with Gasteiger partial charge in [-0.15, -0.1) is 0 Å². The Morgan fingerprint density at radius 2 is 2.06 bits per heavy atom. The maximum absolute atomic E-state index is 12.9. The third-order valence-electron chi connectivity index (χ3n) is 2.50. The van der Waals surface area contributed by atoms with Crippen LogP contribution in [0.15, 0.2) is 22.7 Å². The molecule has 0 saturated carbocycles. The van der Waals surface area contributed by atoms with Crippen LogP contribution in [0, 0.1) is 11.2 Å². The monoisotopic (exact) mass is 317 g/mol. The molecule has 0 fully saturated rings. The molecule has 0 radical (unpaired) electrons. The SMILES string of the molecule is CC(C)NCC(C)(C)COc1ccc(F)cc1Br.